The first-order valence-electron chi connectivity index (χ1n) is 10.1. The highest BCUT2D eigenvalue weighted by molar-refractivity contribution is 7.14. The van der Waals surface area contributed by atoms with E-state index < -0.39 is 0 Å². The van der Waals surface area contributed by atoms with Crippen molar-refractivity contribution in [3.05, 3.63) is 57.5 Å². The Morgan fingerprint density at radius 3 is 2.62 bits per heavy atom. The first-order valence-corrected chi connectivity index (χ1v) is 10.9. The highest BCUT2D eigenvalue weighted by Gasteiger charge is 2.46. The maximum Gasteiger partial charge on any atom is 0.268 e. The van der Waals surface area contributed by atoms with Crippen molar-refractivity contribution in [1.29, 1.82) is 0 Å². The summed E-state index contributed by atoms with van der Waals surface area (Å²) in [5, 5.41) is 4.50. The Kier molecular flexibility index (Phi) is 4.37. The van der Waals surface area contributed by atoms with Gasteiger partial charge in [-0.3, -0.25) is 9.48 Å². The monoisotopic (exact) mass is 407 g/mol. The Hall–Kier alpha value is -2.44. The molecule has 29 heavy (non-hydrogen) atoms. The normalized spacial score (nSPS) is 17.7. The molecule has 0 N–H and O–H groups in total. The molecule has 3 aromatic rings. The summed E-state index contributed by atoms with van der Waals surface area (Å²) in [5.74, 6) is 0.109. The van der Waals surface area contributed by atoms with Gasteiger partial charge in [0.2, 0.25) is 0 Å². The third-order valence-electron chi connectivity index (χ3n) is 6.29. The number of benzene rings is 1. The van der Waals surface area contributed by atoms with E-state index >= 15 is 0 Å². The second kappa shape index (κ2) is 6.82. The van der Waals surface area contributed by atoms with Gasteiger partial charge in [-0.2, -0.15) is 5.10 Å². The van der Waals surface area contributed by atoms with Gasteiger partial charge >= 0.3 is 0 Å². The van der Waals surface area contributed by atoms with Crippen molar-refractivity contribution >= 4 is 22.9 Å². The predicted octanol–water partition coefficient (Wildman–Crippen LogP) is 4.47. The first kappa shape index (κ1) is 18.6. The Morgan fingerprint density at radius 2 is 1.97 bits per heavy atom. The van der Waals surface area contributed by atoms with Crippen LogP contribution in [0.5, 0.6) is 0 Å². The summed E-state index contributed by atoms with van der Waals surface area (Å²) < 4.78 is 7.54. The number of fused-ring (bicyclic) bond motifs is 2. The zero-order valence-corrected chi connectivity index (χ0v) is 17.9. The van der Waals surface area contributed by atoms with Crippen molar-refractivity contribution in [2.24, 2.45) is 7.05 Å². The molecular formula is C23H25N3O2S. The summed E-state index contributed by atoms with van der Waals surface area (Å²) in [5.41, 5.74) is 5.64. The third kappa shape index (κ3) is 3.02. The molecule has 1 fully saturated rings. The Balaban J connectivity index is 1.61. The van der Waals surface area contributed by atoms with Gasteiger partial charge in [0, 0.05) is 54.5 Å². The minimum Gasteiger partial charge on any atom is -0.381 e. The third-order valence-corrected chi connectivity index (χ3v) is 7.28. The SMILES string of the molecule is Cc1ccc(C(=O)N2CC3(CCOCC3)c3cc(-c4cn(C)nc4C)ccc32)s1. The van der Waals surface area contributed by atoms with Crippen molar-refractivity contribution < 1.29 is 9.53 Å². The molecule has 2 aromatic heterocycles. The number of nitrogens with zero attached hydrogens (tertiary/aromatic N) is 3. The second-order valence-electron chi connectivity index (χ2n) is 8.23. The first-order chi connectivity index (χ1) is 14.0. The van der Waals surface area contributed by atoms with E-state index in [2.05, 4.69) is 29.5 Å². The van der Waals surface area contributed by atoms with Crippen LogP contribution >= 0.6 is 11.3 Å². The van der Waals surface area contributed by atoms with Crippen LogP contribution in [-0.2, 0) is 17.2 Å². The fourth-order valence-electron chi connectivity index (χ4n) is 4.77. The molecule has 1 saturated heterocycles. The fraction of sp³-hybridized carbons (Fsp3) is 0.391. The molecule has 5 nitrogen and oxygen atoms in total. The lowest BCUT2D eigenvalue weighted by molar-refractivity contribution is 0.0547. The number of ether oxygens (including phenoxy) is 1. The van der Waals surface area contributed by atoms with E-state index in [4.69, 9.17) is 4.74 Å². The lowest BCUT2D eigenvalue weighted by Crippen LogP contribution is -2.40. The molecule has 0 radical (unpaired) electrons. The summed E-state index contributed by atoms with van der Waals surface area (Å²) in [6.45, 7) is 6.31. The smallest absolute Gasteiger partial charge is 0.268 e. The molecule has 2 aliphatic rings. The summed E-state index contributed by atoms with van der Waals surface area (Å²) in [4.78, 5) is 17.3. The molecule has 2 aliphatic heterocycles. The minimum atomic E-state index is -0.0261. The van der Waals surface area contributed by atoms with Gasteiger partial charge in [0.25, 0.3) is 5.91 Å². The number of hydrogen-bond donors (Lipinski definition) is 0. The molecule has 5 rings (SSSR count). The molecule has 1 spiro atoms. The van der Waals surface area contributed by atoms with E-state index in [0.29, 0.717) is 0 Å². The molecule has 4 heterocycles. The van der Waals surface area contributed by atoms with E-state index in [1.165, 1.54) is 11.1 Å². The second-order valence-corrected chi connectivity index (χ2v) is 9.52. The molecule has 1 aromatic carbocycles. The Morgan fingerprint density at radius 1 is 1.17 bits per heavy atom. The maximum atomic E-state index is 13.4. The molecule has 0 saturated carbocycles. The summed E-state index contributed by atoms with van der Waals surface area (Å²) in [6.07, 6.45) is 3.96. The standard InChI is InChI=1S/C23H25N3O2S/c1-15-4-7-21(29-15)22(27)26-14-23(8-10-28-11-9-23)19-12-17(5-6-20(19)26)18-13-25(3)24-16(18)2/h4-7,12-13H,8-11,14H2,1-3H3. The van der Waals surface area contributed by atoms with Crippen LogP contribution in [0.15, 0.2) is 36.5 Å². The van der Waals surface area contributed by atoms with E-state index in [0.717, 1.165) is 59.3 Å². The minimum absolute atomic E-state index is 0.0261. The zero-order valence-electron chi connectivity index (χ0n) is 17.1. The number of carbonyl (C=O) groups is 1. The number of rotatable bonds is 2. The molecule has 1 amide bonds. The van der Waals surface area contributed by atoms with Crippen molar-refractivity contribution in [2.75, 3.05) is 24.7 Å². The van der Waals surface area contributed by atoms with E-state index in [1.54, 1.807) is 11.3 Å². The molecule has 150 valence electrons. The van der Waals surface area contributed by atoms with Gasteiger partial charge in [-0.15, -0.1) is 11.3 Å². The van der Waals surface area contributed by atoms with Crippen molar-refractivity contribution in [3.8, 4) is 11.1 Å². The highest BCUT2D eigenvalue weighted by Crippen LogP contribution is 2.48. The van der Waals surface area contributed by atoms with Crippen LogP contribution < -0.4 is 4.90 Å². The van der Waals surface area contributed by atoms with Crippen LogP contribution in [0.3, 0.4) is 0 Å². The molecule has 6 heteroatoms. The summed E-state index contributed by atoms with van der Waals surface area (Å²) in [7, 11) is 1.95. The van der Waals surface area contributed by atoms with Gasteiger partial charge in [-0.05, 0) is 62.1 Å². The van der Waals surface area contributed by atoms with Crippen LogP contribution in [0.4, 0.5) is 5.69 Å². The lowest BCUT2D eigenvalue weighted by atomic mass is 9.75. The van der Waals surface area contributed by atoms with Crippen LogP contribution in [-0.4, -0.2) is 35.4 Å². The van der Waals surface area contributed by atoms with Gasteiger partial charge in [0.1, 0.15) is 0 Å². The molecule has 0 unspecified atom stereocenters. The number of hydrogen-bond acceptors (Lipinski definition) is 4. The molecule has 0 atom stereocenters. The average Bonchev–Trinajstić information content (AvgIpc) is 3.38. The largest absolute Gasteiger partial charge is 0.381 e. The summed E-state index contributed by atoms with van der Waals surface area (Å²) >= 11 is 1.57. The number of aromatic nitrogens is 2. The van der Waals surface area contributed by atoms with Crippen molar-refractivity contribution in [3.63, 3.8) is 0 Å². The van der Waals surface area contributed by atoms with Gasteiger partial charge in [0.05, 0.1) is 10.6 Å². The average molecular weight is 408 g/mol. The molecular weight excluding hydrogens is 382 g/mol. The van der Waals surface area contributed by atoms with Gasteiger partial charge in [0.15, 0.2) is 0 Å². The van der Waals surface area contributed by atoms with Crippen LogP contribution in [0.1, 0.15) is 38.6 Å². The van der Waals surface area contributed by atoms with Crippen LogP contribution in [0.25, 0.3) is 11.1 Å². The highest BCUT2D eigenvalue weighted by atomic mass is 32.1. The zero-order chi connectivity index (χ0) is 20.2. The quantitative estimate of drug-likeness (QED) is 0.630. The van der Waals surface area contributed by atoms with Gasteiger partial charge < -0.3 is 9.64 Å². The lowest BCUT2D eigenvalue weighted by Gasteiger charge is -2.34. The number of amides is 1. The van der Waals surface area contributed by atoms with Crippen LogP contribution in [0, 0.1) is 13.8 Å². The van der Waals surface area contributed by atoms with E-state index in [1.807, 2.05) is 42.6 Å². The Labute approximate surface area is 174 Å². The van der Waals surface area contributed by atoms with Gasteiger partial charge in [-0.1, -0.05) is 6.07 Å². The van der Waals surface area contributed by atoms with Crippen molar-refractivity contribution in [1.82, 2.24) is 9.78 Å². The number of aryl methyl sites for hydroxylation is 3. The maximum absolute atomic E-state index is 13.4. The van der Waals surface area contributed by atoms with Crippen LogP contribution in [0.2, 0.25) is 0 Å². The molecule has 0 bridgehead atoms. The topological polar surface area (TPSA) is 47.4 Å². The Bertz CT molecular complexity index is 1090. The predicted molar refractivity (Wildman–Crippen MR) is 116 cm³/mol. The fourth-order valence-corrected chi connectivity index (χ4v) is 5.59. The number of carbonyl (C=O) groups excluding carboxylic acids is 1. The van der Waals surface area contributed by atoms with Crippen molar-refractivity contribution in [2.45, 2.75) is 32.1 Å². The molecule has 0 aliphatic carbocycles. The van der Waals surface area contributed by atoms with E-state index in [-0.39, 0.29) is 11.3 Å². The number of anilines is 1. The summed E-state index contributed by atoms with van der Waals surface area (Å²) in [6, 6.07) is 10.5. The van der Waals surface area contributed by atoms with Gasteiger partial charge in [-0.25, -0.2) is 0 Å². The number of thiophene rings is 1. The van der Waals surface area contributed by atoms with E-state index in [9.17, 15) is 4.79 Å².